The van der Waals surface area contributed by atoms with Crippen molar-refractivity contribution in [3.05, 3.63) is 53.6 Å². The lowest BCUT2D eigenvalue weighted by molar-refractivity contribution is -0.169. The van der Waals surface area contributed by atoms with Crippen LogP contribution >= 0.6 is 0 Å². The van der Waals surface area contributed by atoms with E-state index in [4.69, 9.17) is 5.73 Å². The summed E-state index contributed by atoms with van der Waals surface area (Å²) in [5, 5.41) is 9.89. The molecular formula is C22H27N5O4. The molecular weight excluding hydrogens is 398 g/mol. The van der Waals surface area contributed by atoms with Crippen LogP contribution in [0.3, 0.4) is 0 Å². The lowest BCUT2D eigenvalue weighted by Crippen LogP contribution is -2.77. The zero-order valence-corrected chi connectivity index (χ0v) is 17.7. The highest BCUT2D eigenvalue weighted by atomic mass is 16.3. The normalized spacial score (nSPS) is 22.5. The zero-order chi connectivity index (χ0) is 22.3. The highest BCUT2D eigenvalue weighted by Crippen LogP contribution is 2.41. The van der Waals surface area contributed by atoms with Crippen molar-refractivity contribution >= 4 is 17.7 Å². The third kappa shape index (κ3) is 3.38. The van der Waals surface area contributed by atoms with Gasteiger partial charge in [-0.05, 0) is 32.3 Å². The number of likely N-dealkylation sites (tertiary alicyclic amines) is 2. The number of nitrogens with zero attached hydrogens (tertiary/aromatic N) is 4. The lowest BCUT2D eigenvalue weighted by atomic mass is 9.83. The third-order valence-electron chi connectivity index (χ3n) is 6.41. The fraction of sp³-hybridized carbons (Fsp3) is 0.455. The summed E-state index contributed by atoms with van der Waals surface area (Å²) in [5.41, 5.74) is 6.55. The number of nitrogens with two attached hydrogens (primary N) is 1. The molecule has 3 amide bonds. The van der Waals surface area contributed by atoms with Crippen LogP contribution in [0.2, 0.25) is 0 Å². The number of imidazole rings is 1. The van der Waals surface area contributed by atoms with Gasteiger partial charge in [0.15, 0.2) is 0 Å². The first kappa shape index (κ1) is 21.0. The molecule has 0 radical (unpaired) electrons. The largest absolute Gasteiger partial charge is 0.391 e. The molecule has 2 fully saturated rings. The van der Waals surface area contributed by atoms with Gasteiger partial charge >= 0.3 is 0 Å². The van der Waals surface area contributed by atoms with E-state index in [1.165, 1.54) is 11.8 Å². The Balaban J connectivity index is 1.54. The average molecular weight is 425 g/mol. The first-order chi connectivity index (χ1) is 14.8. The molecule has 9 nitrogen and oxygen atoms in total. The van der Waals surface area contributed by atoms with Crippen LogP contribution < -0.4 is 5.73 Å². The molecule has 3 N–H and O–H groups in total. The fourth-order valence-electron chi connectivity index (χ4n) is 4.76. The number of hydrogen-bond acceptors (Lipinski definition) is 5. The molecule has 4 rings (SSSR count). The molecule has 0 aliphatic carbocycles. The van der Waals surface area contributed by atoms with Gasteiger partial charge in [-0.15, -0.1) is 0 Å². The molecule has 2 aromatic rings. The number of aliphatic hydroxyl groups is 1. The predicted molar refractivity (Wildman–Crippen MR) is 112 cm³/mol. The van der Waals surface area contributed by atoms with Crippen LogP contribution in [0, 0.1) is 6.92 Å². The van der Waals surface area contributed by atoms with E-state index >= 15 is 0 Å². The van der Waals surface area contributed by atoms with Crippen molar-refractivity contribution in [2.75, 3.05) is 13.1 Å². The number of primary amides is 1. The maximum atomic E-state index is 13.4. The van der Waals surface area contributed by atoms with E-state index in [0.717, 1.165) is 11.3 Å². The predicted octanol–water partition coefficient (Wildman–Crippen LogP) is 0.292. The number of carbonyl (C=O) groups is 3. The third-order valence-corrected chi connectivity index (χ3v) is 6.41. The Kier molecular flexibility index (Phi) is 5.30. The molecule has 9 heteroatoms. The van der Waals surface area contributed by atoms with E-state index in [1.54, 1.807) is 11.2 Å². The van der Waals surface area contributed by atoms with Gasteiger partial charge in [-0.25, -0.2) is 4.98 Å². The first-order valence-corrected chi connectivity index (χ1v) is 10.4. The molecule has 2 aliphatic heterocycles. The van der Waals surface area contributed by atoms with E-state index < -0.39 is 23.6 Å². The van der Waals surface area contributed by atoms with Gasteiger partial charge < -0.3 is 25.2 Å². The van der Waals surface area contributed by atoms with Crippen molar-refractivity contribution in [1.82, 2.24) is 19.4 Å². The maximum Gasteiger partial charge on any atom is 0.275 e. The van der Waals surface area contributed by atoms with Gasteiger partial charge in [0.2, 0.25) is 5.91 Å². The van der Waals surface area contributed by atoms with E-state index in [0.29, 0.717) is 31.6 Å². The summed E-state index contributed by atoms with van der Waals surface area (Å²) in [6.07, 6.45) is 1.76. The Morgan fingerprint density at radius 1 is 1.29 bits per heavy atom. The summed E-state index contributed by atoms with van der Waals surface area (Å²) in [5.74, 6) is -1.39. The second kappa shape index (κ2) is 7.81. The number of β-lactam (4-membered cyclic amide) rings is 1. The molecule has 1 aromatic heterocycles. The van der Waals surface area contributed by atoms with Crippen molar-refractivity contribution in [2.24, 2.45) is 5.73 Å². The molecule has 0 saturated carbocycles. The SMILES string of the molecule is Cc1c(C(=O)N2CCCC23CN([C@H](C(N)=O)[C@@H](C)O)C3=O)ncn1Cc1ccccc1. The van der Waals surface area contributed by atoms with Crippen LogP contribution in [-0.2, 0) is 16.1 Å². The zero-order valence-electron chi connectivity index (χ0n) is 17.7. The van der Waals surface area contributed by atoms with Crippen LogP contribution in [0.25, 0.3) is 0 Å². The lowest BCUT2D eigenvalue weighted by Gasteiger charge is -2.53. The van der Waals surface area contributed by atoms with Crippen LogP contribution in [-0.4, -0.2) is 73.0 Å². The highest BCUT2D eigenvalue weighted by molar-refractivity contribution is 6.03. The van der Waals surface area contributed by atoms with Gasteiger partial charge in [-0.3, -0.25) is 14.4 Å². The maximum absolute atomic E-state index is 13.4. The summed E-state index contributed by atoms with van der Waals surface area (Å²) in [6, 6.07) is 8.79. The molecule has 3 atom stereocenters. The Hall–Kier alpha value is -3.20. The molecule has 31 heavy (non-hydrogen) atoms. The molecule has 1 unspecified atom stereocenters. The minimum Gasteiger partial charge on any atom is -0.391 e. The van der Waals surface area contributed by atoms with Crippen molar-refractivity contribution < 1.29 is 19.5 Å². The number of amides is 3. The monoisotopic (exact) mass is 425 g/mol. The highest BCUT2D eigenvalue weighted by Gasteiger charge is 2.62. The second-order valence-electron chi connectivity index (χ2n) is 8.40. The molecule has 164 valence electrons. The fourth-order valence-corrected chi connectivity index (χ4v) is 4.76. The van der Waals surface area contributed by atoms with E-state index in [2.05, 4.69) is 4.98 Å². The Labute approximate surface area is 180 Å². The minimum atomic E-state index is -1.09. The number of carbonyl (C=O) groups excluding carboxylic acids is 3. The van der Waals surface area contributed by atoms with Gasteiger partial charge in [0.25, 0.3) is 11.8 Å². The van der Waals surface area contributed by atoms with Crippen molar-refractivity contribution in [3.63, 3.8) is 0 Å². The van der Waals surface area contributed by atoms with Crippen molar-refractivity contribution in [3.8, 4) is 0 Å². The summed E-state index contributed by atoms with van der Waals surface area (Å²) in [7, 11) is 0. The Morgan fingerprint density at radius 3 is 2.61 bits per heavy atom. The number of aromatic nitrogens is 2. The number of aliphatic hydroxyl groups excluding tert-OH is 1. The van der Waals surface area contributed by atoms with Crippen LogP contribution in [0.4, 0.5) is 0 Å². The summed E-state index contributed by atoms with van der Waals surface area (Å²) in [4.78, 5) is 45.4. The van der Waals surface area contributed by atoms with Gasteiger partial charge in [0.05, 0.1) is 19.0 Å². The van der Waals surface area contributed by atoms with Gasteiger partial charge in [0, 0.05) is 18.8 Å². The molecule has 2 aliphatic rings. The smallest absolute Gasteiger partial charge is 0.275 e. The number of rotatable bonds is 6. The van der Waals surface area contributed by atoms with Gasteiger partial charge in [-0.2, -0.15) is 0 Å². The molecule has 1 spiro atoms. The second-order valence-corrected chi connectivity index (χ2v) is 8.40. The molecule has 0 bridgehead atoms. The standard InChI is InChI=1S/C22H27N5O4/c1-14-17(24-13-25(14)11-16-7-4-3-5-8-16)20(30)27-10-6-9-22(27)12-26(21(22)31)18(15(2)28)19(23)29/h3-5,7-8,13,15,18,28H,6,9-12H2,1-2H3,(H2,23,29)/t15-,18+,22?/m1/s1. The van der Waals surface area contributed by atoms with Crippen molar-refractivity contribution in [1.29, 1.82) is 0 Å². The Morgan fingerprint density at radius 2 is 2.00 bits per heavy atom. The van der Waals surface area contributed by atoms with Gasteiger partial charge in [-0.1, -0.05) is 30.3 Å². The topological polar surface area (TPSA) is 122 Å². The van der Waals surface area contributed by atoms with E-state index in [9.17, 15) is 19.5 Å². The van der Waals surface area contributed by atoms with E-state index in [1.807, 2.05) is 41.8 Å². The first-order valence-electron chi connectivity index (χ1n) is 10.4. The summed E-state index contributed by atoms with van der Waals surface area (Å²) >= 11 is 0. The average Bonchev–Trinajstić information content (AvgIpc) is 3.33. The summed E-state index contributed by atoms with van der Waals surface area (Å²) in [6.45, 7) is 4.49. The van der Waals surface area contributed by atoms with Crippen LogP contribution in [0.5, 0.6) is 0 Å². The summed E-state index contributed by atoms with van der Waals surface area (Å²) < 4.78 is 1.91. The van der Waals surface area contributed by atoms with E-state index in [-0.39, 0.29) is 18.4 Å². The quantitative estimate of drug-likeness (QED) is 0.645. The van der Waals surface area contributed by atoms with Gasteiger partial charge in [0.1, 0.15) is 17.3 Å². The van der Waals surface area contributed by atoms with Crippen LogP contribution in [0.15, 0.2) is 36.7 Å². The van der Waals surface area contributed by atoms with Crippen LogP contribution in [0.1, 0.15) is 41.5 Å². The van der Waals surface area contributed by atoms with Crippen molar-refractivity contribution in [2.45, 2.75) is 50.9 Å². The Bertz CT molecular complexity index is 1020. The number of benzene rings is 1. The number of hydrogen-bond donors (Lipinski definition) is 2. The minimum absolute atomic E-state index is 0.180. The molecule has 3 heterocycles. The molecule has 2 saturated heterocycles. The molecule has 1 aromatic carbocycles.